The molecule has 2 aliphatic rings. The number of β-lactam (4-membered cyclic amide) rings is 1. The smallest absolute Gasteiger partial charge is 0.333 e. The van der Waals surface area contributed by atoms with E-state index in [4.69, 9.17) is 9.47 Å². The second-order valence-corrected chi connectivity index (χ2v) is 10.2. The Morgan fingerprint density at radius 3 is 2.23 bits per heavy atom. The molecule has 0 aromatic heterocycles. The molecule has 1 saturated heterocycles. The number of rotatable bonds is 12. The first-order valence-corrected chi connectivity index (χ1v) is 13.3. The summed E-state index contributed by atoms with van der Waals surface area (Å²) >= 11 is 0.770. The molecule has 3 atom stereocenters. The van der Waals surface area contributed by atoms with E-state index in [1.807, 2.05) is 6.92 Å². The van der Waals surface area contributed by atoms with Gasteiger partial charge in [0.2, 0.25) is 5.91 Å². The summed E-state index contributed by atoms with van der Waals surface area (Å²) in [6.45, 7) is 7.21. The molecule has 2 aromatic carbocycles. The molecule has 4 amide bonds. The summed E-state index contributed by atoms with van der Waals surface area (Å²) in [6, 6.07) is 12.8. The first-order valence-electron chi connectivity index (χ1n) is 12.5. The second-order valence-electron chi connectivity index (χ2n) is 9.11. The molecular weight excluding hydrogens is 522 g/mol. The Balaban J connectivity index is 1.55. The van der Waals surface area contributed by atoms with Gasteiger partial charge in [-0.15, -0.1) is 0 Å². The number of para-hydroxylation sites is 1. The molecule has 10 nitrogen and oxygen atoms in total. The van der Waals surface area contributed by atoms with Gasteiger partial charge in [0.1, 0.15) is 17.2 Å². The van der Waals surface area contributed by atoms with Gasteiger partial charge in [-0.05, 0) is 55.1 Å². The number of unbranched alkanes of at least 4 members (excludes halogenated alkanes) is 1. The van der Waals surface area contributed by atoms with Crippen molar-refractivity contribution in [2.75, 3.05) is 13.2 Å². The lowest BCUT2D eigenvalue weighted by Gasteiger charge is -2.49. The van der Waals surface area contributed by atoms with Crippen LogP contribution in [0.1, 0.15) is 47.4 Å². The minimum Gasteiger partial charge on any atom is -0.484 e. The monoisotopic (exact) mass is 551 g/mol. The zero-order valence-corrected chi connectivity index (χ0v) is 22.4. The van der Waals surface area contributed by atoms with Crippen LogP contribution in [-0.2, 0) is 19.1 Å². The molecule has 2 aliphatic heterocycles. The van der Waals surface area contributed by atoms with Crippen LogP contribution in [0.5, 0.6) is 5.75 Å². The van der Waals surface area contributed by atoms with Crippen LogP contribution in [0, 0.1) is 0 Å². The molecule has 0 bridgehead atoms. The van der Waals surface area contributed by atoms with E-state index in [0.29, 0.717) is 17.7 Å². The van der Waals surface area contributed by atoms with E-state index in [1.54, 1.807) is 61.5 Å². The maximum atomic E-state index is 13.3. The van der Waals surface area contributed by atoms with E-state index in [1.165, 1.54) is 4.90 Å². The first-order chi connectivity index (χ1) is 18.7. The van der Waals surface area contributed by atoms with Crippen molar-refractivity contribution in [1.29, 1.82) is 0 Å². The number of hydrogen-bond donors (Lipinski definition) is 1. The Hall–Kier alpha value is -4.12. The number of carbonyl (C=O) groups is 5. The third-order valence-electron chi connectivity index (χ3n) is 6.19. The molecule has 2 aromatic rings. The SMILES string of the molecule is C=C(C)C(C(=O)OCCCC)N1C(=O)C(NC(=O)COc2ccccc2)C1SN1C(=O)c2ccccc2C1=O. The average Bonchev–Trinajstić information content (AvgIpc) is 3.17. The lowest BCUT2D eigenvalue weighted by atomic mass is 9.99. The molecule has 0 saturated carbocycles. The fourth-order valence-corrected chi connectivity index (χ4v) is 5.44. The molecule has 0 spiro atoms. The number of esters is 1. The van der Waals surface area contributed by atoms with Gasteiger partial charge in [-0.1, -0.05) is 50.3 Å². The molecule has 0 radical (unpaired) electrons. The number of carbonyl (C=O) groups excluding carboxylic acids is 5. The second kappa shape index (κ2) is 12.2. The zero-order chi connectivity index (χ0) is 28.1. The summed E-state index contributed by atoms with van der Waals surface area (Å²) < 4.78 is 11.8. The van der Waals surface area contributed by atoms with Crippen LogP contribution < -0.4 is 10.1 Å². The Morgan fingerprint density at radius 1 is 1.03 bits per heavy atom. The van der Waals surface area contributed by atoms with Crippen LogP contribution in [-0.4, -0.2) is 69.5 Å². The number of ether oxygens (including phenoxy) is 2. The van der Waals surface area contributed by atoms with E-state index < -0.39 is 47.1 Å². The lowest BCUT2D eigenvalue weighted by Crippen LogP contribution is -2.73. The van der Waals surface area contributed by atoms with Crippen molar-refractivity contribution in [2.24, 2.45) is 0 Å². The number of nitrogens with one attached hydrogen (secondary N) is 1. The van der Waals surface area contributed by atoms with Gasteiger partial charge in [0.25, 0.3) is 17.7 Å². The molecule has 204 valence electrons. The minimum atomic E-state index is -1.16. The summed E-state index contributed by atoms with van der Waals surface area (Å²) in [5, 5.41) is 1.65. The van der Waals surface area contributed by atoms with Crippen LogP contribution in [0.25, 0.3) is 0 Å². The van der Waals surface area contributed by atoms with E-state index in [2.05, 4.69) is 11.9 Å². The quantitative estimate of drug-likeness (QED) is 0.107. The highest BCUT2D eigenvalue weighted by molar-refractivity contribution is 7.98. The molecule has 2 heterocycles. The fourth-order valence-electron chi connectivity index (χ4n) is 4.21. The van der Waals surface area contributed by atoms with E-state index in [9.17, 15) is 24.0 Å². The normalized spacial score (nSPS) is 18.8. The zero-order valence-electron chi connectivity index (χ0n) is 21.6. The Labute approximate surface area is 230 Å². The molecule has 0 aliphatic carbocycles. The summed E-state index contributed by atoms with van der Waals surface area (Å²) in [5.74, 6) is -2.44. The van der Waals surface area contributed by atoms with Gasteiger partial charge < -0.3 is 19.7 Å². The third kappa shape index (κ3) is 5.83. The summed E-state index contributed by atoms with van der Waals surface area (Å²) in [7, 11) is 0. The summed E-state index contributed by atoms with van der Waals surface area (Å²) in [5.41, 5.74) is 0.814. The highest BCUT2D eigenvalue weighted by Crippen LogP contribution is 2.39. The largest absolute Gasteiger partial charge is 0.484 e. The molecular formula is C28H29N3O7S. The maximum absolute atomic E-state index is 13.3. The van der Waals surface area contributed by atoms with E-state index in [-0.39, 0.29) is 24.3 Å². The van der Waals surface area contributed by atoms with Gasteiger partial charge in [-0.2, -0.15) is 0 Å². The molecule has 4 rings (SSSR count). The van der Waals surface area contributed by atoms with Crippen molar-refractivity contribution in [3.63, 3.8) is 0 Å². The van der Waals surface area contributed by atoms with Gasteiger partial charge in [-0.3, -0.25) is 19.2 Å². The summed E-state index contributed by atoms with van der Waals surface area (Å²) in [4.78, 5) is 66.3. The molecule has 39 heavy (non-hydrogen) atoms. The Morgan fingerprint density at radius 2 is 1.64 bits per heavy atom. The number of imide groups is 1. The standard InChI is InChI=1S/C28H29N3O7S/c1-4-5-15-37-28(36)23(17(2)3)30-26(35)22(29-21(32)16-38-18-11-7-6-8-12-18)27(30)39-31-24(33)19-13-9-10-14-20(19)25(31)34/h6-14,22-23,27H,2,4-5,15-16H2,1,3H3,(H,29,32). The van der Waals surface area contributed by atoms with E-state index in [0.717, 1.165) is 22.7 Å². The van der Waals surface area contributed by atoms with Crippen molar-refractivity contribution in [3.8, 4) is 5.75 Å². The predicted molar refractivity (Wildman–Crippen MR) is 144 cm³/mol. The van der Waals surface area contributed by atoms with Gasteiger partial charge in [-0.25, -0.2) is 9.10 Å². The number of likely N-dealkylation sites (tertiary alicyclic amines) is 1. The first kappa shape index (κ1) is 27.9. The van der Waals surface area contributed by atoms with Crippen LogP contribution in [0.4, 0.5) is 0 Å². The lowest BCUT2D eigenvalue weighted by molar-refractivity contribution is -0.163. The highest BCUT2D eigenvalue weighted by Gasteiger charge is 2.56. The Kier molecular flexibility index (Phi) is 8.70. The molecule has 1 N–H and O–H groups in total. The van der Waals surface area contributed by atoms with Gasteiger partial charge in [0.05, 0.1) is 17.7 Å². The number of amides is 4. The highest BCUT2D eigenvalue weighted by atomic mass is 32.2. The molecule has 1 fully saturated rings. The number of hydrogen-bond acceptors (Lipinski definition) is 8. The van der Waals surface area contributed by atoms with Gasteiger partial charge in [0, 0.05) is 0 Å². The van der Waals surface area contributed by atoms with Crippen molar-refractivity contribution in [3.05, 3.63) is 77.9 Å². The van der Waals surface area contributed by atoms with Crippen molar-refractivity contribution >= 4 is 41.5 Å². The minimum absolute atomic E-state index is 0.175. The van der Waals surface area contributed by atoms with Crippen molar-refractivity contribution in [2.45, 2.75) is 44.1 Å². The van der Waals surface area contributed by atoms with Crippen LogP contribution in [0.3, 0.4) is 0 Å². The van der Waals surface area contributed by atoms with Crippen LogP contribution in [0.15, 0.2) is 66.7 Å². The van der Waals surface area contributed by atoms with Crippen LogP contribution >= 0.6 is 11.9 Å². The molecule has 11 heteroatoms. The average molecular weight is 552 g/mol. The van der Waals surface area contributed by atoms with Gasteiger partial charge >= 0.3 is 5.97 Å². The van der Waals surface area contributed by atoms with Crippen molar-refractivity contribution in [1.82, 2.24) is 14.5 Å². The summed E-state index contributed by atoms with van der Waals surface area (Å²) in [6.07, 6.45) is 1.46. The van der Waals surface area contributed by atoms with Gasteiger partial charge in [0.15, 0.2) is 12.6 Å². The Bertz CT molecular complexity index is 1260. The van der Waals surface area contributed by atoms with Crippen LogP contribution in [0.2, 0.25) is 0 Å². The predicted octanol–water partition coefficient (Wildman–Crippen LogP) is 2.95. The number of benzene rings is 2. The third-order valence-corrected chi connectivity index (χ3v) is 7.45. The number of fused-ring (bicyclic) bond motifs is 1. The topological polar surface area (TPSA) is 122 Å². The number of nitrogens with zero attached hydrogens (tertiary/aromatic N) is 2. The van der Waals surface area contributed by atoms with E-state index >= 15 is 0 Å². The fraction of sp³-hybridized carbons (Fsp3) is 0.321. The maximum Gasteiger partial charge on any atom is 0.333 e. The molecule has 3 unspecified atom stereocenters. The van der Waals surface area contributed by atoms with Crippen molar-refractivity contribution < 1.29 is 33.4 Å².